The van der Waals surface area contributed by atoms with E-state index in [4.69, 9.17) is 18.9 Å². The van der Waals surface area contributed by atoms with Gasteiger partial charge in [0, 0.05) is 6.04 Å². The van der Waals surface area contributed by atoms with Crippen molar-refractivity contribution in [3.8, 4) is 0 Å². The number of ether oxygens (including phenoxy) is 4. The number of amides is 2. The molecule has 1 saturated heterocycles. The minimum absolute atomic E-state index is 0.183. The molecule has 2 fully saturated rings. The van der Waals surface area contributed by atoms with Gasteiger partial charge in [-0.25, -0.2) is 9.59 Å². The number of carbonyl (C=O) groups is 2. The average molecular weight is 507 g/mol. The predicted molar refractivity (Wildman–Crippen MR) is 123 cm³/mol. The van der Waals surface area contributed by atoms with Crippen LogP contribution in [0.1, 0.15) is 61.3 Å². The molecule has 1 aliphatic carbocycles. The van der Waals surface area contributed by atoms with Crippen LogP contribution in [0, 0.1) is 5.92 Å². The average Bonchev–Trinajstić information content (AvgIpc) is 2.66. The van der Waals surface area contributed by atoms with Crippen molar-refractivity contribution in [1.82, 2.24) is 10.6 Å². The predicted octanol–water partition coefficient (Wildman–Crippen LogP) is 0.388. The number of aliphatic hydroxyl groups excluding tert-OH is 4. The number of rotatable bonds is 5. The monoisotopic (exact) mass is 506 g/mol. The second kappa shape index (κ2) is 11.6. The van der Waals surface area contributed by atoms with E-state index >= 15 is 0 Å². The lowest BCUT2D eigenvalue weighted by atomic mass is 9.82. The first kappa shape index (κ1) is 29.5. The van der Waals surface area contributed by atoms with E-state index in [-0.39, 0.29) is 18.4 Å². The zero-order chi connectivity index (χ0) is 26.7. The largest absolute Gasteiger partial charge is 0.444 e. The number of hydrogen-bond donors (Lipinski definition) is 6. The van der Waals surface area contributed by atoms with Crippen molar-refractivity contribution in [3.05, 3.63) is 0 Å². The third-order valence-electron chi connectivity index (χ3n) is 5.70. The van der Waals surface area contributed by atoms with Crippen LogP contribution in [0.15, 0.2) is 0 Å². The number of carbonyl (C=O) groups excluding carboxylic acids is 2. The summed E-state index contributed by atoms with van der Waals surface area (Å²) < 4.78 is 21.9. The summed E-state index contributed by atoms with van der Waals surface area (Å²) in [7, 11) is 0. The standard InChI is InChI=1S/C23H42N2O10/c1-11-8-12(24-20(30)34-22(2,3)4)9-13(27)18(11)33-19-17(29)15(16(28)14(10-26)32-19)25-21(31)35-23(5,6)7/h11-19,26-29H,8-10H2,1-7H3,(H,24,30)(H,25,31). The van der Waals surface area contributed by atoms with Gasteiger partial charge in [0.1, 0.15) is 29.5 Å². The fraction of sp³-hybridized carbons (Fsp3) is 0.913. The number of alkyl carbamates (subject to hydrolysis) is 2. The molecule has 2 amide bonds. The lowest BCUT2D eigenvalue weighted by Gasteiger charge is -2.45. The van der Waals surface area contributed by atoms with Crippen molar-refractivity contribution in [2.75, 3.05) is 6.61 Å². The summed E-state index contributed by atoms with van der Waals surface area (Å²) in [5, 5.41) is 46.9. The SMILES string of the molecule is CC1CC(NC(=O)OC(C)(C)C)CC(O)C1OC1OC(CO)C(O)C(NC(=O)OC(C)(C)C)C1O. The van der Waals surface area contributed by atoms with Crippen molar-refractivity contribution < 1.29 is 49.0 Å². The van der Waals surface area contributed by atoms with Crippen LogP contribution in [0.2, 0.25) is 0 Å². The van der Waals surface area contributed by atoms with Gasteiger partial charge in [0.15, 0.2) is 6.29 Å². The van der Waals surface area contributed by atoms with Crippen LogP contribution in [0.3, 0.4) is 0 Å². The molecular weight excluding hydrogens is 464 g/mol. The third-order valence-corrected chi connectivity index (χ3v) is 5.70. The number of nitrogens with one attached hydrogen (secondary N) is 2. The Morgan fingerprint density at radius 3 is 1.94 bits per heavy atom. The van der Waals surface area contributed by atoms with Gasteiger partial charge in [-0.15, -0.1) is 0 Å². The Labute approximate surface area is 206 Å². The van der Waals surface area contributed by atoms with E-state index in [2.05, 4.69) is 10.6 Å². The smallest absolute Gasteiger partial charge is 0.408 e. The van der Waals surface area contributed by atoms with Gasteiger partial charge in [0.05, 0.1) is 24.9 Å². The zero-order valence-corrected chi connectivity index (χ0v) is 21.6. The molecule has 12 heteroatoms. The lowest BCUT2D eigenvalue weighted by Crippen LogP contribution is -2.66. The quantitative estimate of drug-likeness (QED) is 0.306. The highest BCUT2D eigenvalue weighted by Crippen LogP contribution is 2.32. The van der Waals surface area contributed by atoms with Crippen LogP contribution in [0.5, 0.6) is 0 Å². The fourth-order valence-electron chi connectivity index (χ4n) is 4.27. The van der Waals surface area contributed by atoms with Crippen LogP contribution in [-0.2, 0) is 18.9 Å². The second-order valence-corrected chi connectivity index (χ2v) is 11.3. The molecule has 6 N–H and O–H groups in total. The lowest BCUT2D eigenvalue weighted by molar-refractivity contribution is -0.305. The summed E-state index contributed by atoms with van der Waals surface area (Å²) >= 11 is 0. The van der Waals surface area contributed by atoms with E-state index in [1.165, 1.54) is 0 Å². The van der Waals surface area contributed by atoms with Gasteiger partial charge in [0.2, 0.25) is 0 Å². The molecule has 0 bridgehead atoms. The van der Waals surface area contributed by atoms with Gasteiger partial charge in [-0.05, 0) is 60.3 Å². The maximum Gasteiger partial charge on any atom is 0.408 e. The molecule has 2 rings (SSSR count). The first-order valence-electron chi connectivity index (χ1n) is 12.0. The Kier molecular flexibility index (Phi) is 9.76. The molecule has 2 aliphatic rings. The second-order valence-electron chi connectivity index (χ2n) is 11.3. The van der Waals surface area contributed by atoms with Crippen molar-refractivity contribution in [3.63, 3.8) is 0 Å². The Bertz CT molecular complexity index is 710. The number of hydrogen-bond acceptors (Lipinski definition) is 10. The van der Waals surface area contributed by atoms with E-state index in [0.717, 1.165) is 0 Å². The van der Waals surface area contributed by atoms with Crippen molar-refractivity contribution in [1.29, 1.82) is 0 Å². The Hall–Kier alpha value is -1.70. The van der Waals surface area contributed by atoms with E-state index in [0.29, 0.717) is 6.42 Å². The molecule has 9 atom stereocenters. The van der Waals surface area contributed by atoms with Gasteiger partial charge >= 0.3 is 12.2 Å². The molecule has 0 aromatic heterocycles. The molecule has 1 aliphatic heterocycles. The maximum absolute atomic E-state index is 12.2. The van der Waals surface area contributed by atoms with Gasteiger partial charge < -0.3 is 50.0 Å². The van der Waals surface area contributed by atoms with Crippen molar-refractivity contribution >= 4 is 12.2 Å². The molecule has 1 saturated carbocycles. The van der Waals surface area contributed by atoms with Crippen LogP contribution < -0.4 is 10.6 Å². The third kappa shape index (κ3) is 8.72. The molecule has 0 radical (unpaired) electrons. The first-order valence-corrected chi connectivity index (χ1v) is 12.0. The van der Waals surface area contributed by atoms with E-state index in [1.54, 1.807) is 41.5 Å². The molecule has 0 aromatic carbocycles. The highest BCUT2D eigenvalue weighted by atomic mass is 16.7. The Balaban J connectivity index is 2.05. The van der Waals surface area contributed by atoms with Crippen LogP contribution >= 0.6 is 0 Å². The first-order chi connectivity index (χ1) is 16.0. The molecule has 9 unspecified atom stereocenters. The summed E-state index contributed by atoms with van der Waals surface area (Å²) in [4.78, 5) is 24.3. The summed E-state index contributed by atoms with van der Waals surface area (Å²) in [5.41, 5.74) is -1.45. The highest BCUT2D eigenvalue weighted by molar-refractivity contribution is 5.68. The minimum atomic E-state index is -1.52. The normalized spacial score (nSPS) is 36.3. The molecule has 204 valence electrons. The zero-order valence-electron chi connectivity index (χ0n) is 21.6. The number of aliphatic hydroxyl groups is 4. The maximum atomic E-state index is 12.2. The van der Waals surface area contributed by atoms with E-state index in [9.17, 15) is 30.0 Å². The Morgan fingerprint density at radius 1 is 0.914 bits per heavy atom. The topological polar surface area (TPSA) is 176 Å². The molecule has 35 heavy (non-hydrogen) atoms. The van der Waals surface area contributed by atoms with Crippen molar-refractivity contribution in [2.24, 2.45) is 5.92 Å². The van der Waals surface area contributed by atoms with E-state index in [1.807, 2.05) is 6.92 Å². The minimum Gasteiger partial charge on any atom is -0.444 e. The van der Waals surface area contributed by atoms with Gasteiger partial charge in [-0.2, -0.15) is 0 Å². The van der Waals surface area contributed by atoms with Crippen LogP contribution in [0.4, 0.5) is 9.59 Å². The Morgan fingerprint density at radius 2 is 1.46 bits per heavy atom. The summed E-state index contributed by atoms with van der Waals surface area (Å²) in [6.45, 7) is 11.5. The van der Waals surface area contributed by atoms with Gasteiger partial charge in [-0.3, -0.25) is 0 Å². The van der Waals surface area contributed by atoms with Gasteiger partial charge in [-0.1, -0.05) is 6.92 Å². The summed E-state index contributed by atoms with van der Waals surface area (Å²) in [5.74, 6) is -0.258. The van der Waals surface area contributed by atoms with Crippen LogP contribution in [0.25, 0.3) is 0 Å². The molecule has 1 heterocycles. The van der Waals surface area contributed by atoms with Crippen molar-refractivity contribution in [2.45, 2.75) is 121 Å². The summed E-state index contributed by atoms with van der Waals surface area (Å²) in [6.07, 6.45) is -8.03. The molecule has 0 aromatic rings. The van der Waals surface area contributed by atoms with Gasteiger partial charge in [0.25, 0.3) is 0 Å². The highest BCUT2D eigenvalue weighted by Gasteiger charge is 2.48. The van der Waals surface area contributed by atoms with E-state index < -0.39 is 72.8 Å². The fourth-order valence-corrected chi connectivity index (χ4v) is 4.27. The molecular formula is C23H42N2O10. The summed E-state index contributed by atoms with van der Waals surface area (Å²) in [6, 6.07) is -1.60. The molecule has 0 spiro atoms. The van der Waals surface area contributed by atoms with Crippen LogP contribution in [-0.4, -0.2) is 99.3 Å². The molecule has 12 nitrogen and oxygen atoms in total.